The van der Waals surface area contributed by atoms with E-state index in [0.29, 0.717) is 38.3 Å². The van der Waals surface area contributed by atoms with Crippen LogP contribution in [-0.2, 0) is 25.8 Å². The Bertz CT molecular complexity index is 1080. The summed E-state index contributed by atoms with van der Waals surface area (Å²) in [5.74, 6) is 0.0635. The zero-order valence-electron chi connectivity index (χ0n) is 21.7. The van der Waals surface area contributed by atoms with Gasteiger partial charge in [-0.3, -0.25) is 19.4 Å². The normalized spacial score (nSPS) is 33.9. The predicted molar refractivity (Wildman–Crippen MR) is 132 cm³/mol. The minimum absolute atomic E-state index is 0.0556. The Kier molecular flexibility index (Phi) is 5.87. The molecule has 10 heteroatoms. The number of carbonyl (C=O) groups is 3. The van der Waals surface area contributed by atoms with Gasteiger partial charge in [-0.1, -0.05) is 30.3 Å². The molecule has 1 aromatic rings. The summed E-state index contributed by atoms with van der Waals surface area (Å²) >= 11 is 0. The summed E-state index contributed by atoms with van der Waals surface area (Å²) in [4.78, 5) is 54.0. The average Bonchev–Trinajstić information content (AvgIpc) is 3.49. The number of hydrogen-bond donors (Lipinski definition) is 1. The number of piperidine rings is 1. The van der Waals surface area contributed by atoms with Crippen LogP contribution in [0.4, 0.5) is 9.59 Å². The van der Waals surface area contributed by atoms with Crippen LogP contribution >= 0.6 is 0 Å². The van der Waals surface area contributed by atoms with E-state index in [2.05, 4.69) is 5.48 Å². The van der Waals surface area contributed by atoms with Crippen LogP contribution in [-0.4, -0.2) is 74.8 Å². The Balaban J connectivity index is 1.01. The molecule has 1 spiro atoms. The second-order valence-corrected chi connectivity index (χ2v) is 12.0. The Morgan fingerprint density at radius 3 is 2.59 bits per heavy atom. The molecule has 1 aromatic carbocycles. The van der Waals surface area contributed by atoms with E-state index in [4.69, 9.17) is 14.4 Å². The van der Waals surface area contributed by atoms with Crippen molar-refractivity contribution >= 4 is 18.0 Å². The van der Waals surface area contributed by atoms with Crippen LogP contribution in [0.25, 0.3) is 0 Å². The minimum atomic E-state index is -0.584. The van der Waals surface area contributed by atoms with Gasteiger partial charge in [-0.25, -0.2) is 15.1 Å². The molecule has 37 heavy (non-hydrogen) atoms. The van der Waals surface area contributed by atoms with Gasteiger partial charge in [-0.05, 0) is 70.8 Å². The number of benzene rings is 1. The lowest BCUT2D eigenvalue weighted by Crippen LogP contribution is -2.51. The standard InChI is InChI=1S/C27H36N4O6/c1-26(2,3)36-25(34)30-22-14-20(13-18-11-12-27(18,22)30)37-28-23(32)21-10-9-19-15-29(21)24(33)31(19)35-16-17-7-5-4-6-8-17/h4-8,18-22H,9-16H2,1-3H3,(H,28,32)/t18?,19?,20?,21-,22?,27?,30?/m0/s1. The highest BCUT2D eigenvalue weighted by molar-refractivity contribution is 5.88. The smallest absolute Gasteiger partial charge is 0.411 e. The van der Waals surface area contributed by atoms with Crippen molar-refractivity contribution in [1.82, 2.24) is 20.3 Å². The fourth-order valence-electron chi connectivity index (χ4n) is 6.81. The number of likely N-dealkylation sites (tertiary alicyclic amines) is 1. The third-order valence-electron chi connectivity index (χ3n) is 8.66. The van der Waals surface area contributed by atoms with Crippen LogP contribution in [0, 0.1) is 5.92 Å². The number of urea groups is 1. The molecular weight excluding hydrogens is 476 g/mol. The van der Waals surface area contributed by atoms with E-state index in [0.717, 1.165) is 24.8 Å². The van der Waals surface area contributed by atoms with Crippen molar-refractivity contribution in [2.45, 2.75) is 101 Å². The first-order chi connectivity index (χ1) is 17.7. The average molecular weight is 513 g/mol. The predicted octanol–water partition coefficient (Wildman–Crippen LogP) is 3.37. The van der Waals surface area contributed by atoms with E-state index in [1.807, 2.05) is 56.0 Å². The quantitative estimate of drug-likeness (QED) is 0.463. The Hall–Kier alpha value is -2.85. The molecule has 10 nitrogen and oxygen atoms in total. The number of rotatable bonds is 6. The fourth-order valence-corrected chi connectivity index (χ4v) is 6.81. The number of nitrogens with one attached hydrogen (secondary N) is 1. The number of amides is 4. The zero-order valence-corrected chi connectivity index (χ0v) is 21.7. The molecule has 2 saturated carbocycles. The number of nitrogens with zero attached hydrogens (tertiary/aromatic N) is 3. The molecule has 0 radical (unpaired) electrons. The highest BCUT2D eigenvalue weighted by atomic mass is 16.7. The van der Waals surface area contributed by atoms with E-state index >= 15 is 0 Å². The molecule has 6 atom stereocenters. The van der Waals surface area contributed by atoms with Crippen molar-refractivity contribution in [2.75, 3.05) is 6.54 Å². The molecule has 4 amide bonds. The van der Waals surface area contributed by atoms with Gasteiger partial charge in [0.2, 0.25) is 0 Å². The molecule has 2 bridgehead atoms. The molecule has 0 aromatic heterocycles. The van der Waals surface area contributed by atoms with Gasteiger partial charge in [0.05, 0.1) is 23.7 Å². The summed E-state index contributed by atoms with van der Waals surface area (Å²) < 4.78 is 5.63. The topological polar surface area (TPSA) is 100 Å². The summed E-state index contributed by atoms with van der Waals surface area (Å²) in [6.45, 7) is 6.41. The molecule has 1 N–H and O–H groups in total. The molecule has 5 unspecified atom stereocenters. The first kappa shape index (κ1) is 24.5. The van der Waals surface area contributed by atoms with Crippen molar-refractivity contribution in [3.63, 3.8) is 0 Å². The molecule has 2 aliphatic carbocycles. The highest BCUT2D eigenvalue weighted by Gasteiger charge is 2.75. The maximum atomic E-state index is 13.1. The van der Waals surface area contributed by atoms with E-state index < -0.39 is 11.6 Å². The van der Waals surface area contributed by atoms with E-state index in [1.54, 1.807) is 4.90 Å². The molecule has 200 valence electrons. The second kappa shape index (κ2) is 8.87. The SMILES string of the molecule is CC(C)(C)OC(=O)N1C2CC(ONC(=O)[C@@H]3CCC4CN3C(=O)N4OCc3ccccc3)CC3CCC321. The van der Waals surface area contributed by atoms with Gasteiger partial charge >= 0.3 is 12.1 Å². The molecule has 3 aliphatic heterocycles. The monoisotopic (exact) mass is 512 g/mol. The van der Waals surface area contributed by atoms with Crippen LogP contribution in [0.15, 0.2) is 30.3 Å². The lowest BCUT2D eigenvalue weighted by Gasteiger charge is -2.42. The van der Waals surface area contributed by atoms with Gasteiger partial charge < -0.3 is 9.64 Å². The molecule has 6 rings (SSSR count). The van der Waals surface area contributed by atoms with Crippen LogP contribution < -0.4 is 5.48 Å². The largest absolute Gasteiger partial charge is 0.444 e. The van der Waals surface area contributed by atoms with Gasteiger partial charge in [0, 0.05) is 6.54 Å². The maximum absolute atomic E-state index is 13.1. The van der Waals surface area contributed by atoms with E-state index in [-0.39, 0.29) is 41.8 Å². The first-order valence-corrected chi connectivity index (χ1v) is 13.4. The van der Waals surface area contributed by atoms with Gasteiger partial charge in [0.15, 0.2) is 0 Å². The lowest BCUT2D eigenvalue weighted by atomic mass is 9.64. The van der Waals surface area contributed by atoms with Gasteiger partial charge in [-0.15, -0.1) is 0 Å². The van der Waals surface area contributed by atoms with Crippen molar-refractivity contribution in [3.05, 3.63) is 35.9 Å². The zero-order chi connectivity index (χ0) is 25.9. The number of fused-ring (bicyclic) bond motifs is 2. The third-order valence-corrected chi connectivity index (χ3v) is 8.66. The molecule has 5 fully saturated rings. The van der Waals surface area contributed by atoms with Crippen molar-refractivity contribution in [1.29, 1.82) is 0 Å². The van der Waals surface area contributed by atoms with Crippen molar-refractivity contribution in [3.8, 4) is 0 Å². The maximum Gasteiger partial charge on any atom is 0.411 e. The highest BCUT2D eigenvalue weighted by Crippen LogP contribution is 2.65. The van der Waals surface area contributed by atoms with Crippen molar-refractivity contribution in [2.24, 2.45) is 5.92 Å². The number of hydroxylamine groups is 3. The molecule has 3 saturated heterocycles. The number of carbonyl (C=O) groups excluding carboxylic acids is 3. The Labute approximate surface area is 217 Å². The Morgan fingerprint density at radius 1 is 1.11 bits per heavy atom. The van der Waals surface area contributed by atoms with Gasteiger partial charge in [0.1, 0.15) is 18.2 Å². The number of ether oxygens (including phenoxy) is 1. The van der Waals surface area contributed by atoms with Gasteiger partial charge in [0.25, 0.3) is 5.91 Å². The minimum Gasteiger partial charge on any atom is -0.444 e. The van der Waals surface area contributed by atoms with E-state index in [9.17, 15) is 14.4 Å². The van der Waals surface area contributed by atoms with Crippen LogP contribution in [0.3, 0.4) is 0 Å². The van der Waals surface area contributed by atoms with Gasteiger partial charge in [-0.2, -0.15) is 5.06 Å². The molecular formula is C27H36N4O6. The number of hydrogen-bond acceptors (Lipinski definition) is 6. The third kappa shape index (κ3) is 4.24. The molecule has 3 heterocycles. The lowest BCUT2D eigenvalue weighted by molar-refractivity contribution is -0.147. The van der Waals surface area contributed by atoms with Crippen LogP contribution in [0.2, 0.25) is 0 Å². The molecule has 5 aliphatic rings. The first-order valence-electron chi connectivity index (χ1n) is 13.4. The van der Waals surface area contributed by atoms with E-state index in [1.165, 1.54) is 5.06 Å². The second-order valence-electron chi connectivity index (χ2n) is 12.0. The summed E-state index contributed by atoms with van der Waals surface area (Å²) in [7, 11) is 0. The summed E-state index contributed by atoms with van der Waals surface area (Å²) in [6, 6.07) is 8.89. The summed E-state index contributed by atoms with van der Waals surface area (Å²) in [5.41, 5.74) is 3.03. The van der Waals surface area contributed by atoms with Crippen LogP contribution in [0.1, 0.15) is 64.9 Å². The van der Waals surface area contributed by atoms with Crippen LogP contribution in [0.5, 0.6) is 0 Å². The fraction of sp³-hybridized carbons (Fsp3) is 0.667. The van der Waals surface area contributed by atoms with Crippen molar-refractivity contribution < 1.29 is 28.8 Å². The summed E-state index contributed by atoms with van der Waals surface area (Å²) in [6.07, 6.45) is 4.35. The summed E-state index contributed by atoms with van der Waals surface area (Å²) in [5, 5.41) is 1.43. The Morgan fingerprint density at radius 2 is 1.89 bits per heavy atom.